The van der Waals surface area contributed by atoms with E-state index in [9.17, 15) is 4.79 Å². The Balaban J connectivity index is 1.17. The van der Waals surface area contributed by atoms with Crippen molar-refractivity contribution in [2.24, 2.45) is 5.92 Å². The highest BCUT2D eigenvalue weighted by Gasteiger charge is 2.27. The quantitative estimate of drug-likeness (QED) is 0.550. The Hall–Kier alpha value is -2.90. The Kier molecular flexibility index (Phi) is 5.61. The third kappa shape index (κ3) is 4.43. The van der Waals surface area contributed by atoms with Crippen LogP contribution in [0.25, 0.3) is 11.4 Å². The summed E-state index contributed by atoms with van der Waals surface area (Å²) in [7, 11) is 0. The van der Waals surface area contributed by atoms with Gasteiger partial charge in [-0.2, -0.15) is 4.98 Å². The summed E-state index contributed by atoms with van der Waals surface area (Å²) in [6, 6.07) is 12.8. The molecule has 1 fully saturated rings. The van der Waals surface area contributed by atoms with Crippen molar-refractivity contribution in [1.82, 2.24) is 15.0 Å². The standard InChI is InChI=1S/C23H22ClN3O4/c24-18-4-1-16(2-5-18)23-25-21(31-26-23)14-27-9-7-15(8-10-27)22(28)17-3-6-19-20(13-17)30-12-11-29-19/h1-6,13,15H,7-12,14H2. The van der Waals surface area contributed by atoms with Crippen LogP contribution in [-0.2, 0) is 6.54 Å². The summed E-state index contributed by atoms with van der Waals surface area (Å²) in [6.45, 7) is 3.24. The lowest BCUT2D eigenvalue weighted by Crippen LogP contribution is -2.36. The second-order valence-electron chi connectivity index (χ2n) is 7.79. The number of likely N-dealkylation sites (tertiary alicyclic amines) is 1. The molecule has 5 rings (SSSR count). The Morgan fingerprint density at radius 1 is 1.03 bits per heavy atom. The number of aromatic nitrogens is 2. The number of hydrogen-bond donors (Lipinski definition) is 0. The molecular weight excluding hydrogens is 418 g/mol. The molecule has 0 amide bonds. The average Bonchev–Trinajstić information content (AvgIpc) is 3.27. The number of nitrogens with zero attached hydrogens (tertiary/aromatic N) is 3. The SMILES string of the molecule is O=C(c1ccc2c(c1)OCCO2)C1CCN(Cc2nc(-c3ccc(Cl)cc3)no2)CC1. The predicted molar refractivity (Wildman–Crippen MR) is 115 cm³/mol. The van der Waals surface area contributed by atoms with E-state index in [1.54, 1.807) is 18.2 Å². The molecule has 3 aromatic rings. The van der Waals surface area contributed by atoms with Gasteiger partial charge in [-0.15, -0.1) is 0 Å². The lowest BCUT2D eigenvalue weighted by molar-refractivity contribution is 0.0824. The number of piperidine rings is 1. The largest absolute Gasteiger partial charge is 0.486 e. The molecule has 0 atom stereocenters. The molecule has 31 heavy (non-hydrogen) atoms. The van der Waals surface area contributed by atoms with E-state index < -0.39 is 0 Å². The average molecular weight is 440 g/mol. The van der Waals surface area contributed by atoms with Crippen molar-refractivity contribution in [3.05, 3.63) is 58.9 Å². The molecular formula is C23H22ClN3O4. The molecule has 2 aliphatic rings. The molecule has 2 aliphatic heterocycles. The molecule has 3 heterocycles. The van der Waals surface area contributed by atoms with E-state index in [1.165, 1.54) is 0 Å². The van der Waals surface area contributed by atoms with E-state index in [0.29, 0.717) is 53.6 Å². The smallest absolute Gasteiger partial charge is 0.241 e. The van der Waals surface area contributed by atoms with Gasteiger partial charge < -0.3 is 14.0 Å². The summed E-state index contributed by atoms with van der Waals surface area (Å²) >= 11 is 5.93. The minimum atomic E-state index is 0.00567. The molecule has 0 saturated carbocycles. The monoisotopic (exact) mass is 439 g/mol. The highest BCUT2D eigenvalue weighted by Crippen LogP contribution is 2.32. The van der Waals surface area contributed by atoms with Crippen LogP contribution in [0.3, 0.4) is 0 Å². The number of rotatable bonds is 5. The molecule has 160 valence electrons. The van der Waals surface area contributed by atoms with Gasteiger partial charge in [0.05, 0.1) is 6.54 Å². The third-order valence-electron chi connectivity index (χ3n) is 5.71. The van der Waals surface area contributed by atoms with Gasteiger partial charge in [-0.1, -0.05) is 16.8 Å². The summed E-state index contributed by atoms with van der Waals surface area (Å²) in [5, 5.41) is 4.74. The fourth-order valence-electron chi connectivity index (χ4n) is 4.01. The van der Waals surface area contributed by atoms with Crippen LogP contribution >= 0.6 is 11.6 Å². The van der Waals surface area contributed by atoms with Gasteiger partial charge in [0.25, 0.3) is 0 Å². The number of carbonyl (C=O) groups is 1. The second kappa shape index (κ2) is 8.69. The molecule has 0 aliphatic carbocycles. The van der Waals surface area contributed by atoms with Crippen LogP contribution in [0.1, 0.15) is 29.1 Å². The number of fused-ring (bicyclic) bond motifs is 1. The summed E-state index contributed by atoms with van der Waals surface area (Å²) in [4.78, 5) is 19.7. The van der Waals surface area contributed by atoms with Crippen LogP contribution in [0, 0.1) is 5.92 Å². The van der Waals surface area contributed by atoms with Crippen molar-refractivity contribution < 1.29 is 18.8 Å². The molecule has 8 heteroatoms. The van der Waals surface area contributed by atoms with E-state index >= 15 is 0 Å². The maximum Gasteiger partial charge on any atom is 0.241 e. The van der Waals surface area contributed by atoms with Crippen LogP contribution in [0.2, 0.25) is 5.02 Å². The molecule has 1 aromatic heterocycles. The number of Topliss-reactive ketones (excluding diaryl/α,β-unsaturated/α-hetero) is 1. The summed E-state index contributed by atoms with van der Waals surface area (Å²) < 4.78 is 16.6. The zero-order chi connectivity index (χ0) is 21.2. The van der Waals surface area contributed by atoms with Crippen molar-refractivity contribution in [3.8, 4) is 22.9 Å². The number of ketones is 1. The van der Waals surface area contributed by atoms with Crippen molar-refractivity contribution in [2.45, 2.75) is 19.4 Å². The normalized spacial score (nSPS) is 16.9. The van der Waals surface area contributed by atoms with Gasteiger partial charge in [-0.05, 0) is 68.4 Å². The first-order valence-corrected chi connectivity index (χ1v) is 10.8. The van der Waals surface area contributed by atoms with Gasteiger partial charge in [0.2, 0.25) is 11.7 Å². The summed E-state index contributed by atoms with van der Waals surface area (Å²) in [6.07, 6.45) is 1.59. The first-order chi connectivity index (χ1) is 15.2. The molecule has 0 radical (unpaired) electrons. The van der Waals surface area contributed by atoms with Gasteiger partial charge >= 0.3 is 0 Å². The van der Waals surface area contributed by atoms with Gasteiger partial charge in [0.1, 0.15) is 13.2 Å². The number of ether oxygens (including phenoxy) is 2. The number of hydrogen-bond acceptors (Lipinski definition) is 7. The molecule has 2 aromatic carbocycles. The zero-order valence-corrected chi connectivity index (χ0v) is 17.7. The third-order valence-corrected chi connectivity index (χ3v) is 5.97. The first kappa shape index (κ1) is 20.0. The summed E-state index contributed by atoms with van der Waals surface area (Å²) in [5.41, 5.74) is 1.55. The van der Waals surface area contributed by atoms with E-state index in [1.807, 2.05) is 24.3 Å². The maximum atomic E-state index is 13.0. The second-order valence-corrected chi connectivity index (χ2v) is 8.23. The molecule has 0 N–H and O–H groups in total. The Morgan fingerprint density at radius 2 is 1.77 bits per heavy atom. The van der Waals surface area contributed by atoms with Gasteiger partial charge in [-0.3, -0.25) is 9.69 Å². The fraction of sp³-hybridized carbons (Fsp3) is 0.348. The van der Waals surface area contributed by atoms with Crippen molar-refractivity contribution >= 4 is 17.4 Å². The number of carbonyl (C=O) groups excluding carboxylic acids is 1. The highest BCUT2D eigenvalue weighted by atomic mass is 35.5. The predicted octanol–water partition coefficient (Wildman–Crippen LogP) is 4.26. The lowest BCUT2D eigenvalue weighted by Gasteiger charge is -2.30. The minimum absolute atomic E-state index is 0.00567. The van der Waals surface area contributed by atoms with E-state index in [4.69, 9.17) is 25.6 Å². The van der Waals surface area contributed by atoms with E-state index in [-0.39, 0.29) is 11.7 Å². The highest BCUT2D eigenvalue weighted by molar-refractivity contribution is 6.30. The van der Waals surface area contributed by atoms with Crippen molar-refractivity contribution in [2.75, 3.05) is 26.3 Å². The Morgan fingerprint density at radius 3 is 2.55 bits per heavy atom. The van der Waals surface area contributed by atoms with E-state index in [2.05, 4.69) is 15.0 Å². The van der Waals surface area contributed by atoms with Gasteiger partial charge in [0.15, 0.2) is 17.3 Å². The van der Waals surface area contributed by atoms with Crippen LogP contribution in [0.5, 0.6) is 11.5 Å². The topological polar surface area (TPSA) is 77.7 Å². The number of benzene rings is 2. The molecule has 0 spiro atoms. The molecule has 7 nitrogen and oxygen atoms in total. The molecule has 0 bridgehead atoms. The Bertz CT molecular complexity index is 1070. The molecule has 0 unspecified atom stereocenters. The zero-order valence-electron chi connectivity index (χ0n) is 16.9. The molecule has 1 saturated heterocycles. The van der Waals surface area contributed by atoms with Crippen molar-refractivity contribution in [3.63, 3.8) is 0 Å². The Labute approximate surface area is 184 Å². The maximum absolute atomic E-state index is 13.0. The fourth-order valence-corrected chi connectivity index (χ4v) is 4.14. The van der Waals surface area contributed by atoms with Crippen LogP contribution in [-0.4, -0.2) is 47.1 Å². The van der Waals surface area contributed by atoms with Crippen molar-refractivity contribution in [1.29, 1.82) is 0 Å². The van der Waals surface area contributed by atoms with Gasteiger partial charge in [0, 0.05) is 22.1 Å². The van der Waals surface area contributed by atoms with Crippen LogP contribution < -0.4 is 9.47 Å². The number of halogens is 1. The summed E-state index contributed by atoms with van der Waals surface area (Å²) in [5.74, 6) is 2.65. The first-order valence-electron chi connectivity index (χ1n) is 10.4. The van der Waals surface area contributed by atoms with Crippen LogP contribution in [0.15, 0.2) is 47.0 Å². The minimum Gasteiger partial charge on any atom is -0.486 e. The van der Waals surface area contributed by atoms with Gasteiger partial charge in [-0.25, -0.2) is 0 Å². The van der Waals surface area contributed by atoms with Crippen LogP contribution in [0.4, 0.5) is 0 Å². The van der Waals surface area contributed by atoms with E-state index in [0.717, 1.165) is 31.5 Å². The lowest BCUT2D eigenvalue weighted by atomic mass is 9.88.